The van der Waals surface area contributed by atoms with Gasteiger partial charge in [0.1, 0.15) is 11.8 Å². The van der Waals surface area contributed by atoms with Crippen LogP contribution < -0.4 is 0 Å². The maximum atomic E-state index is 11.4. The number of ether oxygens (including phenoxy) is 1. The van der Waals surface area contributed by atoms with Gasteiger partial charge < -0.3 is 9.64 Å². The van der Waals surface area contributed by atoms with E-state index in [1.165, 1.54) is 4.90 Å². The normalized spacial score (nSPS) is 11.2. The molecule has 0 saturated heterocycles. The molecule has 0 aliphatic carbocycles. The lowest BCUT2D eigenvalue weighted by Crippen LogP contribution is -2.22. The van der Waals surface area contributed by atoms with Gasteiger partial charge in [0.15, 0.2) is 0 Å². The van der Waals surface area contributed by atoms with Crippen molar-refractivity contribution in [3.63, 3.8) is 0 Å². The van der Waals surface area contributed by atoms with E-state index in [-0.39, 0.29) is 0 Å². The molecule has 1 aromatic rings. The van der Waals surface area contributed by atoms with Gasteiger partial charge in [-0.2, -0.15) is 5.26 Å². The number of benzene rings is 1. The Morgan fingerprint density at radius 2 is 1.88 bits per heavy atom. The summed E-state index contributed by atoms with van der Waals surface area (Å²) < 4.78 is 5.06. The molecule has 0 saturated carbocycles. The van der Waals surface area contributed by atoms with Crippen LogP contribution >= 0.6 is 0 Å². The Kier molecular flexibility index (Phi) is 4.29. The van der Waals surface area contributed by atoms with Gasteiger partial charge in [-0.3, -0.25) is 0 Å². The highest BCUT2D eigenvalue weighted by molar-refractivity contribution is 5.80. The minimum atomic E-state index is -0.494. The molecule has 0 bridgehead atoms. The largest absolute Gasteiger partial charge is 0.414 e. The second-order valence-corrected chi connectivity index (χ2v) is 3.67. The standard InChI is InChI=1S/C13H14N2O2/c1-10(17-13(16)15(2)3)12(9-14)11-7-5-4-6-8-11/h4-8H,1-3H3/b12-10+. The molecule has 0 N–H and O–H groups in total. The Hall–Kier alpha value is -2.28. The summed E-state index contributed by atoms with van der Waals surface area (Å²) in [6.45, 7) is 1.60. The van der Waals surface area contributed by atoms with Gasteiger partial charge in [-0.05, 0) is 12.5 Å². The van der Waals surface area contributed by atoms with E-state index in [1.807, 2.05) is 24.3 Å². The van der Waals surface area contributed by atoms with E-state index in [1.54, 1.807) is 33.2 Å². The third-order valence-electron chi connectivity index (χ3n) is 2.13. The summed E-state index contributed by atoms with van der Waals surface area (Å²) in [7, 11) is 3.17. The smallest absolute Gasteiger partial charge is 0.414 e. The fourth-order valence-corrected chi connectivity index (χ4v) is 1.22. The van der Waals surface area contributed by atoms with Gasteiger partial charge >= 0.3 is 6.09 Å². The quantitative estimate of drug-likeness (QED) is 0.579. The van der Waals surface area contributed by atoms with E-state index >= 15 is 0 Å². The topological polar surface area (TPSA) is 53.3 Å². The lowest BCUT2D eigenvalue weighted by Gasteiger charge is -2.12. The van der Waals surface area contributed by atoms with Gasteiger partial charge in [0, 0.05) is 14.1 Å². The predicted molar refractivity (Wildman–Crippen MR) is 64.8 cm³/mol. The monoisotopic (exact) mass is 230 g/mol. The Balaban J connectivity index is 3.01. The number of hydrogen-bond donors (Lipinski definition) is 0. The van der Waals surface area contributed by atoms with Crippen molar-refractivity contribution in [1.29, 1.82) is 5.26 Å². The zero-order valence-electron chi connectivity index (χ0n) is 10.1. The van der Waals surface area contributed by atoms with Crippen molar-refractivity contribution in [2.75, 3.05) is 14.1 Å². The lowest BCUT2D eigenvalue weighted by atomic mass is 10.1. The molecule has 4 nitrogen and oxygen atoms in total. The average molecular weight is 230 g/mol. The van der Waals surface area contributed by atoms with Gasteiger partial charge in [0.25, 0.3) is 0 Å². The summed E-state index contributed by atoms with van der Waals surface area (Å²) >= 11 is 0. The SMILES string of the molecule is C/C(OC(=O)N(C)C)=C(/C#N)c1ccccc1. The van der Waals surface area contributed by atoms with Crippen LogP contribution in [0.15, 0.2) is 36.1 Å². The molecule has 4 heteroatoms. The summed E-state index contributed by atoms with van der Waals surface area (Å²) in [5, 5.41) is 9.09. The third kappa shape index (κ3) is 3.35. The zero-order valence-corrected chi connectivity index (χ0v) is 10.1. The van der Waals surface area contributed by atoms with E-state index in [0.29, 0.717) is 11.3 Å². The fraction of sp³-hybridized carbons (Fsp3) is 0.231. The van der Waals surface area contributed by atoms with Crippen molar-refractivity contribution in [2.45, 2.75) is 6.92 Å². The second kappa shape index (κ2) is 5.71. The summed E-state index contributed by atoms with van der Waals surface area (Å²) in [5.74, 6) is 0.303. The first-order valence-corrected chi connectivity index (χ1v) is 5.11. The van der Waals surface area contributed by atoms with E-state index < -0.39 is 6.09 Å². The fourth-order valence-electron chi connectivity index (χ4n) is 1.22. The van der Waals surface area contributed by atoms with Crippen LogP contribution in [0.25, 0.3) is 5.57 Å². The van der Waals surface area contributed by atoms with Gasteiger partial charge in [0.05, 0.1) is 5.57 Å². The van der Waals surface area contributed by atoms with E-state index in [2.05, 4.69) is 0 Å². The second-order valence-electron chi connectivity index (χ2n) is 3.67. The highest BCUT2D eigenvalue weighted by Gasteiger charge is 2.11. The Labute approximate surface area is 101 Å². The maximum Gasteiger partial charge on any atom is 0.414 e. The predicted octanol–water partition coefficient (Wildman–Crippen LogP) is 2.64. The molecule has 0 spiro atoms. The van der Waals surface area contributed by atoms with E-state index in [9.17, 15) is 4.79 Å². The van der Waals surface area contributed by atoms with Crippen LogP contribution in [0.5, 0.6) is 0 Å². The first kappa shape index (κ1) is 12.8. The van der Waals surface area contributed by atoms with Crippen molar-refractivity contribution in [3.05, 3.63) is 41.7 Å². The van der Waals surface area contributed by atoms with Crippen LogP contribution in [0.3, 0.4) is 0 Å². The van der Waals surface area contributed by atoms with Crippen molar-refractivity contribution in [1.82, 2.24) is 4.90 Å². The number of carbonyl (C=O) groups is 1. The van der Waals surface area contributed by atoms with Crippen molar-refractivity contribution in [3.8, 4) is 6.07 Å². The molecule has 0 atom stereocenters. The highest BCUT2D eigenvalue weighted by atomic mass is 16.6. The molecule has 0 fully saturated rings. The number of rotatable bonds is 2. The molecule has 0 aromatic heterocycles. The van der Waals surface area contributed by atoms with Gasteiger partial charge in [-0.25, -0.2) is 4.79 Å². The molecular formula is C13H14N2O2. The van der Waals surface area contributed by atoms with E-state index in [0.717, 1.165) is 5.56 Å². The highest BCUT2D eigenvalue weighted by Crippen LogP contribution is 2.18. The van der Waals surface area contributed by atoms with E-state index in [4.69, 9.17) is 10.00 Å². The summed E-state index contributed by atoms with van der Waals surface area (Å²) in [6.07, 6.45) is -0.494. The summed E-state index contributed by atoms with van der Waals surface area (Å²) in [4.78, 5) is 12.7. The van der Waals surface area contributed by atoms with Crippen LogP contribution in [-0.2, 0) is 4.74 Å². The first-order chi connectivity index (χ1) is 8.06. The van der Waals surface area contributed by atoms with Crippen molar-refractivity contribution in [2.24, 2.45) is 0 Å². The molecule has 88 valence electrons. The minimum Gasteiger partial charge on any atom is -0.414 e. The molecule has 1 amide bonds. The maximum absolute atomic E-state index is 11.4. The van der Waals surface area contributed by atoms with Crippen LogP contribution in [0, 0.1) is 11.3 Å². The number of nitriles is 1. The number of hydrogen-bond acceptors (Lipinski definition) is 3. The molecule has 0 unspecified atom stereocenters. The van der Waals surface area contributed by atoms with Crippen LogP contribution in [0.4, 0.5) is 4.79 Å². The minimum absolute atomic E-state index is 0.303. The van der Waals surface area contributed by atoms with Gasteiger partial charge in [-0.1, -0.05) is 30.3 Å². The van der Waals surface area contributed by atoms with Crippen LogP contribution in [0.1, 0.15) is 12.5 Å². The number of amides is 1. The molecule has 17 heavy (non-hydrogen) atoms. The van der Waals surface area contributed by atoms with Crippen molar-refractivity contribution >= 4 is 11.7 Å². The van der Waals surface area contributed by atoms with Crippen LogP contribution in [-0.4, -0.2) is 25.1 Å². The van der Waals surface area contributed by atoms with Gasteiger partial charge in [0.2, 0.25) is 0 Å². The van der Waals surface area contributed by atoms with Crippen molar-refractivity contribution < 1.29 is 9.53 Å². The molecule has 1 aromatic carbocycles. The number of nitrogens with zero attached hydrogens (tertiary/aromatic N) is 2. The molecular weight excluding hydrogens is 216 g/mol. The lowest BCUT2D eigenvalue weighted by molar-refractivity contribution is 0.147. The first-order valence-electron chi connectivity index (χ1n) is 5.11. The molecule has 0 radical (unpaired) electrons. The summed E-state index contributed by atoms with van der Waals surface area (Å²) in [5.41, 5.74) is 1.10. The Morgan fingerprint density at radius 1 is 1.29 bits per heavy atom. The summed E-state index contributed by atoms with van der Waals surface area (Å²) in [6, 6.07) is 11.2. The molecule has 0 heterocycles. The molecule has 0 aliphatic heterocycles. The number of carbonyl (C=O) groups excluding carboxylic acids is 1. The molecule has 0 aliphatic rings. The zero-order chi connectivity index (χ0) is 12.8. The average Bonchev–Trinajstić information content (AvgIpc) is 2.31. The Morgan fingerprint density at radius 3 is 2.35 bits per heavy atom. The molecule has 1 rings (SSSR count). The van der Waals surface area contributed by atoms with Gasteiger partial charge in [-0.15, -0.1) is 0 Å². The van der Waals surface area contributed by atoms with Crippen LogP contribution in [0.2, 0.25) is 0 Å². The number of allylic oxidation sites excluding steroid dienone is 2. The Bertz CT molecular complexity index is 470. The third-order valence-corrected chi connectivity index (χ3v) is 2.13.